The number of hydrogen-bond acceptors (Lipinski definition) is 2. The average Bonchev–Trinajstić information content (AvgIpc) is 2.42. The van der Waals surface area contributed by atoms with Gasteiger partial charge in [-0.25, -0.2) is 0 Å². The number of rotatable bonds is 5. The predicted octanol–water partition coefficient (Wildman–Crippen LogP) is 4.75. The van der Waals surface area contributed by atoms with Gasteiger partial charge in [0.2, 0.25) is 0 Å². The van der Waals surface area contributed by atoms with Crippen LogP contribution in [0.4, 0.5) is 0 Å². The molecule has 0 saturated heterocycles. The fourth-order valence-electron chi connectivity index (χ4n) is 1.66. The zero-order valence-electron chi connectivity index (χ0n) is 10.2. The molecule has 0 aromatic heterocycles. The molecule has 18 heavy (non-hydrogen) atoms. The van der Waals surface area contributed by atoms with Crippen LogP contribution in [0.3, 0.4) is 0 Å². The minimum atomic E-state index is 0.664. The summed E-state index contributed by atoms with van der Waals surface area (Å²) in [7, 11) is 0. The van der Waals surface area contributed by atoms with Gasteiger partial charge >= 0.3 is 0 Å². The lowest BCUT2D eigenvalue weighted by Gasteiger charge is -2.09. The number of hydrogen-bond donors (Lipinski definition) is 0. The van der Waals surface area contributed by atoms with Gasteiger partial charge in [-0.15, -0.1) is 0 Å². The Labute approximate surface area is 117 Å². The molecule has 0 fully saturated rings. The van der Waals surface area contributed by atoms with Crippen LogP contribution in [-0.4, -0.2) is 18.6 Å². The Morgan fingerprint density at radius 3 is 2.50 bits per heavy atom. The van der Waals surface area contributed by atoms with Gasteiger partial charge in [0.1, 0.15) is 5.75 Å². The fourth-order valence-corrected chi connectivity index (χ4v) is 2.15. The molecule has 1 nitrogen and oxygen atoms in total. The van der Waals surface area contributed by atoms with Crippen LogP contribution in [0, 0.1) is 0 Å². The predicted molar refractivity (Wildman–Crippen MR) is 80.8 cm³/mol. The van der Waals surface area contributed by atoms with Crippen molar-refractivity contribution < 1.29 is 4.74 Å². The fraction of sp³-hybridized carbons (Fsp3) is 0.200. The first-order valence-corrected chi connectivity index (χ1v) is 7.55. The number of halogens is 1. The molecule has 0 spiro atoms. The van der Waals surface area contributed by atoms with E-state index >= 15 is 0 Å². The standard InChI is InChI=1S/C15H15ClOS/c1-18-10-9-17-15-8-7-13(11-14(15)16)12-5-3-2-4-6-12/h2-8,11H,9-10H2,1H3. The summed E-state index contributed by atoms with van der Waals surface area (Å²) in [6.45, 7) is 0.686. The Morgan fingerprint density at radius 2 is 1.83 bits per heavy atom. The molecule has 0 heterocycles. The van der Waals surface area contributed by atoms with Crippen molar-refractivity contribution in [2.24, 2.45) is 0 Å². The van der Waals surface area contributed by atoms with Crippen LogP contribution >= 0.6 is 23.4 Å². The largest absolute Gasteiger partial charge is 0.491 e. The Bertz CT molecular complexity index is 499. The molecule has 0 unspecified atom stereocenters. The lowest BCUT2D eigenvalue weighted by Crippen LogP contribution is -2.00. The normalized spacial score (nSPS) is 10.3. The van der Waals surface area contributed by atoms with Crippen molar-refractivity contribution in [3.63, 3.8) is 0 Å². The van der Waals surface area contributed by atoms with E-state index in [0.717, 1.165) is 22.6 Å². The van der Waals surface area contributed by atoms with E-state index in [4.69, 9.17) is 16.3 Å². The smallest absolute Gasteiger partial charge is 0.137 e. The topological polar surface area (TPSA) is 9.23 Å². The van der Waals surface area contributed by atoms with Gasteiger partial charge in [0.05, 0.1) is 11.6 Å². The third-order valence-corrected chi connectivity index (χ3v) is 3.45. The molecule has 0 radical (unpaired) electrons. The highest BCUT2D eigenvalue weighted by molar-refractivity contribution is 7.98. The quantitative estimate of drug-likeness (QED) is 0.730. The summed E-state index contributed by atoms with van der Waals surface area (Å²) in [6, 6.07) is 16.1. The van der Waals surface area contributed by atoms with E-state index in [1.54, 1.807) is 11.8 Å². The summed E-state index contributed by atoms with van der Waals surface area (Å²) in [5.41, 5.74) is 2.27. The molecule has 3 heteroatoms. The zero-order chi connectivity index (χ0) is 12.8. The van der Waals surface area contributed by atoms with Crippen LogP contribution in [0.25, 0.3) is 11.1 Å². The third kappa shape index (κ3) is 3.44. The summed E-state index contributed by atoms with van der Waals surface area (Å²) < 4.78 is 5.62. The van der Waals surface area contributed by atoms with Crippen molar-refractivity contribution in [2.75, 3.05) is 18.6 Å². The van der Waals surface area contributed by atoms with Crippen molar-refractivity contribution in [1.82, 2.24) is 0 Å². The average molecular weight is 279 g/mol. The van der Waals surface area contributed by atoms with Gasteiger partial charge in [-0.3, -0.25) is 0 Å². The molecular formula is C15H15ClOS. The molecular weight excluding hydrogens is 264 g/mol. The first-order chi connectivity index (χ1) is 8.81. The third-order valence-electron chi connectivity index (χ3n) is 2.58. The molecule has 0 aliphatic carbocycles. The van der Waals surface area contributed by atoms with Crippen LogP contribution in [0.2, 0.25) is 5.02 Å². The van der Waals surface area contributed by atoms with E-state index in [1.165, 1.54) is 0 Å². The Hall–Kier alpha value is -1.12. The molecule has 0 aliphatic rings. The first-order valence-electron chi connectivity index (χ1n) is 5.78. The van der Waals surface area contributed by atoms with Crippen LogP contribution in [-0.2, 0) is 0 Å². The minimum absolute atomic E-state index is 0.664. The number of thioether (sulfide) groups is 1. The Morgan fingerprint density at radius 1 is 1.06 bits per heavy atom. The SMILES string of the molecule is CSCCOc1ccc(-c2ccccc2)cc1Cl. The molecule has 2 aromatic rings. The van der Waals surface area contributed by atoms with Gasteiger partial charge in [0.25, 0.3) is 0 Å². The second kappa shape index (κ2) is 6.72. The van der Waals surface area contributed by atoms with Crippen molar-refractivity contribution in [2.45, 2.75) is 0 Å². The van der Waals surface area contributed by atoms with Crippen molar-refractivity contribution in [3.8, 4) is 16.9 Å². The minimum Gasteiger partial charge on any atom is -0.491 e. The molecule has 94 valence electrons. The highest BCUT2D eigenvalue weighted by Gasteiger charge is 2.04. The Kier molecular flexibility index (Phi) is 4.97. The van der Waals surface area contributed by atoms with E-state index in [1.807, 2.05) is 36.4 Å². The van der Waals surface area contributed by atoms with Gasteiger partial charge < -0.3 is 4.74 Å². The van der Waals surface area contributed by atoms with Crippen LogP contribution in [0.5, 0.6) is 5.75 Å². The molecule has 0 saturated carbocycles. The summed E-state index contributed by atoms with van der Waals surface area (Å²) >= 11 is 7.99. The Balaban J connectivity index is 2.15. The summed E-state index contributed by atoms with van der Waals surface area (Å²) in [5.74, 6) is 1.72. The van der Waals surface area contributed by atoms with Crippen molar-refractivity contribution in [1.29, 1.82) is 0 Å². The molecule has 2 rings (SSSR count). The highest BCUT2D eigenvalue weighted by Crippen LogP contribution is 2.30. The van der Waals surface area contributed by atoms with Crippen LogP contribution in [0.15, 0.2) is 48.5 Å². The maximum Gasteiger partial charge on any atom is 0.137 e. The lowest BCUT2D eigenvalue weighted by molar-refractivity contribution is 0.344. The van der Waals surface area contributed by atoms with E-state index in [9.17, 15) is 0 Å². The van der Waals surface area contributed by atoms with Crippen LogP contribution in [0.1, 0.15) is 0 Å². The maximum atomic E-state index is 6.23. The second-order valence-electron chi connectivity index (χ2n) is 3.85. The van der Waals surface area contributed by atoms with E-state index < -0.39 is 0 Å². The molecule has 0 amide bonds. The lowest BCUT2D eigenvalue weighted by atomic mass is 10.1. The number of benzene rings is 2. The molecule has 0 aliphatic heterocycles. The van der Waals surface area contributed by atoms with E-state index in [2.05, 4.69) is 18.4 Å². The summed E-state index contributed by atoms with van der Waals surface area (Å²) in [4.78, 5) is 0. The van der Waals surface area contributed by atoms with Crippen LogP contribution < -0.4 is 4.74 Å². The zero-order valence-corrected chi connectivity index (χ0v) is 11.8. The molecule has 0 bridgehead atoms. The summed E-state index contributed by atoms with van der Waals surface area (Å²) in [5, 5.41) is 0.664. The van der Waals surface area contributed by atoms with Gasteiger partial charge in [-0.1, -0.05) is 48.0 Å². The molecule has 2 aromatic carbocycles. The van der Waals surface area contributed by atoms with E-state index in [-0.39, 0.29) is 0 Å². The van der Waals surface area contributed by atoms with Gasteiger partial charge in [-0.05, 0) is 29.5 Å². The van der Waals surface area contributed by atoms with Gasteiger partial charge in [0.15, 0.2) is 0 Å². The molecule has 0 N–H and O–H groups in total. The maximum absolute atomic E-state index is 6.23. The van der Waals surface area contributed by atoms with Crippen molar-refractivity contribution >= 4 is 23.4 Å². The van der Waals surface area contributed by atoms with E-state index in [0.29, 0.717) is 11.6 Å². The van der Waals surface area contributed by atoms with Crippen molar-refractivity contribution in [3.05, 3.63) is 53.6 Å². The summed E-state index contributed by atoms with van der Waals surface area (Å²) in [6.07, 6.45) is 2.06. The highest BCUT2D eigenvalue weighted by atomic mass is 35.5. The number of ether oxygens (including phenoxy) is 1. The monoisotopic (exact) mass is 278 g/mol. The first kappa shape index (κ1) is 13.3. The van der Waals surface area contributed by atoms with Gasteiger partial charge in [-0.2, -0.15) is 11.8 Å². The van der Waals surface area contributed by atoms with Gasteiger partial charge in [0, 0.05) is 5.75 Å². The molecule has 0 atom stereocenters. The second-order valence-corrected chi connectivity index (χ2v) is 5.25.